The van der Waals surface area contributed by atoms with Crippen molar-refractivity contribution in [2.75, 3.05) is 33.3 Å². The summed E-state index contributed by atoms with van der Waals surface area (Å²) in [5, 5.41) is 8.28. The van der Waals surface area contributed by atoms with Gasteiger partial charge in [-0.25, -0.2) is 14.2 Å². The molecule has 0 bridgehead atoms. The van der Waals surface area contributed by atoms with E-state index in [1.54, 1.807) is 62.9 Å². The van der Waals surface area contributed by atoms with Crippen LogP contribution < -0.4 is 10.4 Å². The Morgan fingerprint density at radius 3 is 2.63 bits per heavy atom. The largest absolute Gasteiger partial charge is 0.496 e. The first-order valence-electron chi connectivity index (χ1n) is 17.0. The van der Waals surface area contributed by atoms with Crippen molar-refractivity contribution >= 4 is 39.5 Å². The molecule has 8 rings (SSSR count). The fraction of sp³-hybridized carbons (Fsp3) is 0.297. The first-order valence-corrected chi connectivity index (χ1v) is 17.0. The Balaban J connectivity index is 1.09. The average Bonchev–Trinajstić information content (AvgIpc) is 3.93. The minimum atomic E-state index is -0.489. The normalized spacial score (nSPS) is 15.5. The molecule has 2 aromatic carbocycles. The van der Waals surface area contributed by atoms with Crippen LogP contribution in [0.3, 0.4) is 0 Å². The van der Waals surface area contributed by atoms with E-state index in [0.29, 0.717) is 78.9 Å². The van der Waals surface area contributed by atoms with Gasteiger partial charge in [-0.05, 0) is 60.7 Å². The maximum Gasteiger partial charge on any atom is 0.327 e. The second-order valence-corrected chi connectivity index (χ2v) is 12.9. The van der Waals surface area contributed by atoms with Crippen molar-refractivity contribution < 1.29 is 18.7 Å². The summed E-state index contributed by atoms with van der Waals surface area (Å²) in [5.41, 5.74) is 4.05. The van der Waals surface area contributed by atoms with Gasteiger partial charge in [0.05, 0.1) is 30.9 Å². The maximum absolute atomic E-state index is 16.7. The summed E-state index contributed by atoms with van der Waals surface area (Å²) < 4.78 is 25.7. The number of carbonyl (C=O) groups is 2. The molecule has 6 heterocycles. The molecule has 6 aromatic rings. The monoisotopic (exact) mass is 689 g/mol. The van der Waals surface area contributed by atoms with Gasteiger partial charge in [0, 0.05) is 67.5 Å². The van der Waals surface area contributed by atoms with Crippen LogP contribution in [0, 0.1) is 5.82 Å². The highest BCUT2D eigenvalue weighted by Gasteiger charge is 2.30. The number of carbonyl (C=O) groups excluding carboxylic acids is 2. The van der Waals surface area contributed by atoms with Gasteiger partial charge in [-0.15, -0.1) is 5.10 Å². The number of likely N-dealkylation sites (tertiary alicyclic amines) is 1. The predicted octanol–water partition coefficient (Wildman–Crippen LogP) is 4.80. The summed E-state index contributed by atoms with van der Waals surface area (Å²) in [5.74, 6) is -0.175. The van der Waals surface area contributed by atoms with Crippen LogP contribution in [0.5, 0.6) is 5.75 Å². The molecule has 2 aliphatic rings. The molecule has 4 aromatic heterocycles. The van der Waals surface area contributed by atoms with Gasteiger partial charge in [0.25, 0.3) is 5.91 Å². The minimum absolute atomic E-state index is 0.0506. The number of methoxy groups -OCH3 is 1. The van der Waals surface area contributed by atoms with E-state index in [2.05, 4.69) is 25.3 Å². The second-order valence-electron chi connectivity index (χ2n) is 12.9. The number of para-hydroxylation sites is 1. The van der Waals surface area contributed by atoms with Gasteiger partial charge in [0.2, 0.25) is 5.91 Å². The van der Waals surface area contributed by atoms with E-state index in [9.17, 15) is 14.4 Å². The van der Waals surface area contributed by atoms with Crippen LogP contribution in [0.25, 0.3) is 38.8 Å². The minimum Gasteiger partial charge on any atom is -0.496 e. The van der Waals surface area contributed by atoms with Crippen LogP contribution in [0.4, 0.5) is 4.39 Å². The van der Waals surface area contributed by atoms with Gasteiger partial charge < -0.3 is 19.5 Å². The molecule has 1 fully saturated rings. The Morgan fingerprint density at radius 2 is 1.82 bits per heavy atom. The number of hydrogen-bond acceptors (Lipinski definition) is 7. The Labute approximate surface area is 291 Å². The zero-order chi connectivity index (χ0) is 35.1. The molecule has 2 aliphatic heterocycles. The third kappa shape index (κ3) is 5.96. The molecule has 14 heteroatoms. The fourth-order valence-corrected chi connectivity index (χ4v) is 7.39. The van der Waals surface area contributed by atoms with Crippen molar-refractivity contribution in [3.05, 3.63) is 101 Å². The Bertz CT molecular complexity index is 2350. The maximum atomic E-state index is 16.7. The number of nitrogens with one attached hydrogen (secondary N) is 2. The van der Waals surface area contributed by atoms with E-state index in [1.807, 2.05) is 36.4 Å². The molecule has 260 valence electrons. The van der Waals surface area contributed by atoms with Crippen molar-refractivity contribution in [1.29, 1.82) is 0 Å². The summed E-state index contributed by atoms with van der Waals surface area (Å²) in [6.07, 6.45) is 8.90. The van der Waals surface area contributed by atoms with Crippen LogP contribution in [0.1, 0.15) is 47.8 Å². The third-order valence-corrected chi connectivity index (χ3v) is 9.96. The van der Waals surface area contributed by atoms with Crippen LogP contribution in [-0.2, 0) is 11.3 Å². The summed E-state index contributed by atoms with van der Waals surface area (Å²) in [4.78, 5) is 53.6. The molecule has 0 spiro atoms. The molecule has 0 radical (unpaired) electrons. The van der Waals surface area contributed by atoms with Gasteiger partial charge in [-0.3, -0.25) is 23.8 Å². The molecule has 51 heavy (non-hydrogen) atoms. The van der Waals surface area contributed by atoms with Gasteiger partial charge in [0.15, 0.2) is 11.5 Å². The molecule has 0 aliphatic carbocycles. The van der Waals surface area contributed by atoms with Crippen LogP contribution in [0.2, 0.25) is 0 Å². The number of hydrogen-bond donors (Lipinski definition) is 2. The first-order chi connectivity index (χ1) is 24.9. The summed E-state index contributed by atoms with van der Waals surface area (Å²) in [7, 11) is 1.59. The van der Waals surface area contributed by atoms with E-state index in [1.165, 1.54) is 0 Å². The van der Waals surface area contributed by atoms with Crippen molar-refractivity contribution in [2.45, 2.75) is 38.3 Å². The number of aromatic nitrogens is 7. The van der Waals surface area contributed by atoms with Crippen molar-refractivity contribution in [1.82, 2.24) is 44.3 Å². The zero-order valence-electron chi connectivity index (χ0n) is 28.0. The lowest BCUT2D eigenvalue weighted by molar-refractivity contribution is -0.131. The van der Waals surface area contributed by atoms with Crippen LogP contribution in [0.15, 0.2) is 78.0 Å². The zero-order valence-corrected chi connectivity index (χ0v) is 28.0. The number of benzene rings is 2. The molecule has 13 nitrogen and oxygen atoms in total. The third-order valence-electron chi connectivity index (χ3n) is 9.96. The van der Waals surface area contributed by atoms with Gasteiger partial charge in [-0.2, -0.15) is 0 Å². The highest BCUT2D eigenvalue weighted by atomic mass is 19.1. The van der Waals surface area contributed by atoms with E-state index < -0.39 is 5.82 Å². The Morgan fingerprint density at radius 1 is 0.980 bits per heavy atom. The number of aryl methyl sites for hydroxylation is 1. The second kappa shape index (κ2) is 13.3. The first kappa shape index (κ1) is 32.2. The molecule has 1 saturated heterocycles. The predicted molar refractivity (Wildman–Crippen MR) is 189 cm³/mol. The smallest absolute Gasteiger partial charge is 0.327 e. The number of imidazole rings is 1. The lowest BCUT2D eigenvalue weighted by Crippen LogP contribution is -2.40. The average molecular weight is 690 g/mol. The fourth-order valence-electron chi connectivity index (χ4n) is 7.39. The molecule has 0 unspecified atom stereocenters. The number of amides is 2. The molecule has 0 saturated carbocycles. The number of nitrogens with zero attached hydrogens (tertiary/aromatic N) is 7. The van der Waals surface area contributed by atoms with Gasteiger partial charge in [-0.1, -0.05) is 29.5 Å². The van der Waals surface area contributed by atoms with Crippen molar-refractivity contribution in [3.8, 4) is 16.9 Å². The molecule has 0 atom stereocenters. The summed E-state index contributed by atoms with van der Waals surface area (Å²) in [6.45, 7) is 2.05. The quantitative estimate of drug-likeness (QED) is 0.234. The SMILES string of the molecule is COc1ccccc1-c1cc(C2=CCCN(C(=O)CCn3ccnn3)C2)c(F)c2[nH]c(C(=O)N3CCC(n4c(=O)[nH]c5ncccc54)CC3)cc12. The Hall–Kier alpha value is -6.05. The van der Waals surface area contributed by atoms with Crippen LogP contribution >= 0.6 is 0 Å². The van der Waals surface area contributed by atoms with Crippen molar-refractivity contribution in [2.24, 2.45) is 0 Å². The number of halogens is 1. The summed E-state index contributed by atoms with van der Waals surface area (Å²) >= 11 is 0. The number of piperidine rings is 1. The Kier molecular flexibility index (Phi) is 8.42. The molecular formula is C37H36FN9O4. The molecular weight excluding hydrogens is 653 g/mol. The van der Waals surface area contributed by atoms with Gasteiger partial charge >= 0.3 is 5.69 Å². The van der Waals surface area contributed by atoms with Crippen LogP contribution in [-0.4, -0.2) is 89.4 Å². The number of fused-ring (bicyclic) bond motifs is 2. The summed E-state index contributed by atoms with van der Waals surface area (Å²) in [6, 6.07) is 14.6. The van der Waals surface area contributed by atoms with E-state index in [4.69, 9.17) is 4.74 Å². The molecule has 2 N–H and O–H groups in total. The number of H-pyrrole nitrogens is 2. The number of ether oxygens (including phenoxy) is 1. The highest BCUT2D eigenvalue weighted by molar-refractivity contribution is 6.05. The van der Waals surface area contributed by atoms with E-state index >= 15 is 4.39 Å². The number of pyridine rings is 1. The van der Waals surface area contributed by atoms with E-state index in [0.717, 1.165) is 11.1 Å². The standard InChI is InChI=1S/C37H36FN9O4/c1-51-31-9-3-2-7-25(31)27-20-26(23-6-5-15-45(22-23)32(48)12-18-46-19-14-40-43-46)33(38)34-28(27)21-29(41-34)36(49)44-16-10-24(11-17-44)47-30-8-4-13-39-35(30)42-37(47)50/h2-4,6-9,13-14,19-21,24,41H,5,10-12,15-18,22H2,1H3,(H,39,42,50). The van der Waals surface area contributed by atoms with Gasteiger partial charge in [0.1, 0.15) is 11.4 Å². The lowest BCUT2D eigenvalue weighted by atomic mass is 9.93. The number of aromatic amines is 2. The number of rotatable bonds is 8. The molecule has 2 amide bonds. The van der Waals surface area contributed by atoms with E-state index in [-0.39, 0.29) is 47.7 Å². The lowest BCUT2D eigenvalue weighted by Gasteiger charge is -2.32. The topological polar surface area (TPSA) is 147 Å². The van der Waals surface area contributed by atoms with Crippen molar-refractivity contribution in [3.63, 3.8) is 0 Å². The highest BCUT2D eigenvalue weighted by Crippen LogP contribution is 2.40.